The summed E-state index contributed by atoms with van der Waals surface area (Å²) < 4.78 is 12.0. The van der Waals surface area contributed by atoms with Crippen LogP contribution in [0.3, 0.4) is 0 Å². The van der Waals surface area contributed by atoms with Gasteiger partial charge in [0.15, 0.2) is 5.78 Å². The molecule has 3 fully saturated rings. The maximum atomic E-state index is 14.3. The molecule has 0 aromatic carbocycles. The number of hydrogen-bond acceptors (Lipinski definition) is 7. The minimum Gasteiger partial charge on any atom is -0.481 e. The molecule has 0 aromatic heterocycles. The largest absolute Gasteiger partial charge is 0.481 e. The van der Waals surface area contributed by atoms with Crippen molar-refractivity contribution in [3.8, 4) is 0 Å². The lowest BCUT2D eigenvalue weighted by Gasteiger charge is -2.54. The highest BCUT2D eigenvalue weighted by Crippen LogP contribution is 2.72. The van der Waals surface area contributed by atoms with Gasteiger partial charge in [0, 0.05) is 59.5 Å². The molecule has 3 aliphatic carbocycles. The van der Waals surface area contributed by atoms with Crippen LogP contribution < -0.4 is 0 Å². The lowest BCUT2D eigenvalue weighted by Crippen LogP contribution is -2.61. The SMILES string of the molecule is CCC(=O)CC[C@]1(C)OC[C@]23C(=O)C(=O)C4=C(C(=O)C[C@@H]([C@@]5(C)CO5)[C@]4(C)CCC(=O)O)[C@]2(C)CC[C@H]13. The van der Waals surface area contributed by atoms with E-state index in [4.69, 9.17) is 9.47 Å². The van der Waals surface area contributed by atoms with Crippen molar-refractivity contribution in [3.05, 3.63) is 11.1 Å². The Labute approximate surface area is 217 Å². The third-order valence-electron chi connectivity index (χ3n) is 11.0. The number of allylic oxidation sites excluding steroid dienone is 2. The highest BCUT2D eigenvalue weighted by atomic mass is 16.6. The Balaban J connectivity index is 1.64. The predicted molar refractivity (Wildman–Crippen MR) is 132 cm³/mol. The Hall–Kier alpha value is -2.19. The van der Waals surface area contributed by atoms with E-state index in [1.807, 2.05) is 34.6 Å². The number of Topliss-reactive ketones (excluding diaryl/α,β-unsaturated/α-hetero) is 4. The molecule has 0 amide bonds. The number of aliphatic carboxylic acids is 1. The molecule has 8 heteroatoms. The zero-order valence-corrected chi connectivity index (χ0v) is 22.5. The molecule has 0 bridgehead atoms. The zero-order chi connectivity index (χ0) is 27.2. The average molecular weight is 515 g/mol. The van der Waals surface area contributed by atoms with Crippen LogP contribution in [0.5, 0.6) is 0 Å². The first-order valence-electron chi connectivity index (χ1n) is 13.6. The van der Waals surface area contributed by atoms with Crippen LogP contribution in [0.15, 0.2) is 11.1 Å². The second-order valence-electron chi connectivity index (χ2n) is 12.9. The standard InChI is InChI=1S/C29H38O8/c1-6-16(30)7-12-27(4)18-8-11-26(3)21-17(31)13-19(28(5)14-36-28)25(2,10-9-20(32)33)22(21)23(34)24(35)29(18,26)15-37-27/h18-19H,6-15H2,1-5H3,(H,32,33)/t18-,19-,25+,26+,27+,28-,29+/m1/s1. The van der Waals surface area contributed by atoms with E-state index in [0.717, 1.165) is 0 Å². The van der Waals surface area contributed by atoms with Gasteiger partial charge in [-0.05, 0) is 39.5 Å². The maximum absolute atomic E-state index is 14.3. The van der Waals surface area contributed by atoms with Gasteiger partial charge in [-0.3, -0.25) is 24.0 Å². The van der Waals surface area contributed by atoms with Gasteiger partial charge in [-0.15, -0.1) is 0 Å². The second kappa shape index (κ2) is 8.15. The van der Waals surface area contributed by atoms with Gasteiger partial charge in [-0.2, -0.15) is 0 Å². The number of hydrogen-bond donors (Lipinski definition) is 1. The van der Waals surface area contributed by atoms with Gasteiger partial charge in [-0.1, -0.05) is 20.8 Å². The maximum Gasteiger partial charge on any atom is 0.303 e. The molecule has 1 N–H and O–H groups in total. The molecule has 2 saturated heterocycles. The molecular formula is C29H38O8. The van der Waals surface area contributed by atoms with Gasteiger partial charge in [0.1, 0.15) is 5.78 Å². The molecule has 7 atom stereocenters. The lowest BCUT2D eigenvalue weighted by molar-refractivity contribution is -0.150. The summed E-state index contributed by atoms with van der Waals surface area (Å²) in [5, 5.41) is 9.51. The van der Waals surface area contributed by atoms with Crippen LogP contribution in [0.2, 0.25) is 0 Å². The molecule has 0 radical (unpaired) electrons. The van der Waals surface area contributed by atoms with Gasteiger partial charge in [0.05, 0.1) is 29.8 Å². The molecule has 1 saturated carbocycles. The van der Waals surface area contributed by atoms with Crippen molar-refractivity contribution >= 4 is 29.1 Å². The summed E-state index contributed by atoms with van der Waals surface area (Å²) in [6.45, 7) is 9.92. The molecule has 2 aliphatic heterocycles. The molecule has 1 spiro atoms. The minimum absolute atomic E-state index is 0.0513. The van der Waals surface area contributed by atoms with Gasteiger partial charge in [-0.25, -0.2) is 0 Å². The predicted octanol–water partition coefficient (Wildman–Crippen LogP) is 3.63. The molecule has 8 nitrogen and oxygen atoms in total. The summed E-state index contributed by atoms with van der Waals surface area (Å²) in [7, 11) is 0. The van der Waals surface area contributed by atoms with E-state index in [1.54, 1.807) is 0 Å². The molecule has 202 valence electrons. The monoisotopic (exact) mass is 514 g/mol. The minimum atomic E-state index is -1.15. The molecule has 37 heavy (non-hydrogen) atoms. The van der Waals surface area contributed by atoms with Crippen molar-refractivity contribution in [2.24, 2.45) is 28.1 Å². The van der Waals surface area contributed by atoms with Crippen molar-refractivity contribution in [3.63, 3.8) is 0 Å². The number of carbonyl (C=O) groups is 5. The fourth-order valence-electron chi connectivity index (χ4n) is 8.64. The Morgan fingerprint density at radius 2 is 1.62 bits per heavy atom. The molecule has 2 heterocycles. The number of ketones is 4. The number of rotatable bonds is 8. The second-order valence-corrected chi connectivity index (χ2v) is 12.9. The van der Waals surface area contributed by atoms with Gasteiger partial charge in [0.25, 0.3) is 0 Å². The Morgan fingerprint density at radius 1 is 0.946 bits per heavy atom. The quantitative estimate of drug-likeness (QED) is 0.384. The van der Waals surface area contributed by atoms with E-state index in [9.17, 15) is 29.1 Å². The summed E-state index contributed by atoms with van der Waals surface area (Å²) in [5.74, 6) is -2.84. The van der Waals surface area contributed by atoms with E-state index in [0.29, 0.717) is 44.3 Å². The van der Waals surface area contributed by atoms with Crippen LogP contribution in [0.1, 0.15) is 86.0 Å². The summed E-state index contributed by atoms with van der Waals surface area (Å²) >= 11 is 0. The van der Waals surface area contributed by atoms with Gasteiger partial charge >= 0.3 is 5.97 Å². The van der Waals surface area contributed by atoms with Crippen molar-refractivity contribution in [1.29, 1.82) is 0 Å². The van der Waals surface area contributed by atoms with E-state index in [1.165, 1.54) is 0 Å². The first-order valence-corrected chi connectivity index (χ1v) is 13.6. The number of epoxide rings is 1. The fraction of sp³-hybridized carbons (Fsp3) is 0.759. The van der Waals surface area contributed by atoms with Gasteiger partial charge < -0.3 is 14.6 Å². The first-order chi connectivity index (χ1) is 17.2. The van der Waals surface area contributed by atoms with Crippen molar-refractivity contribution in [1.82, 2.24) is 0 Å². The van der Waals surface area contributed by atoms with Crippen molar-refractivity contribution in [2.45, 2.75) is 97.2 Å². The van der Waals surface area contributed by atoms with E-state index < -0.39 is 45.0 Å². The number of carbonyl (C=O) groups excluding carboxylic acids is 4. The third-order valence-corrected chi connectivity index (χ3v) is 11.0. The molecular weight excluding hydrogens is 476 g/mol. The lowest BCUT2D eigenvalue weighted by atomic mass is 9.45. The Bertz CT molecular complexity index is 1150. The number of carboxylic acids is 1. The van der Waals surface area contributed by atoms with Crippen molar-refractivity contribution < 1.29 is 38.6 Å². The zero-order valence-electron chi connectivity index (χ0n) is 22.5. The van der Waals surface area contributed by atoms with E-state index >= 15 is 0 Å². The third kappa shape index (κ3) is 3.37. The summed E-state index contributed by atoms with van der Waals surface area (Å²) in [5.41, 5.74) is -3.73. The number of carboxylic acid groups (broad SMARTS) is 1. The smallest absolute Gasteiger partial charge is 0.303 e. The molecule has 0 unspecified atom stereocenters. The van der Waals surface area contributed by atoms with Crippen LogP contribution in [0.25, 0.3) is 0 Å². The van der Waals surface area contributed by atoms with Crippen LogP contribution in [-0.4, -0.2) is 58.6 Å². The summed E-state index contributed by atoms with van der Waals surface area (Å²) in [6, 6.07) is 0. The topological polar surface area (TPSA) is 127 Å². The highest BCUT2D eigenvalue weighted by Gasteiger charge is 2.77. The first kappa shape index (κ1) is 26.4. The van der Waals surface area contributed by atoms with E-state index in [-0.39, 0.29) is 54.8 Å². The Morgan fingerprint density at radius 3 is 2.22 bits per heavy atom. The molecule has 5 aliphatic rings. The number of fused-ring (bicyclic) bond motifs is 1. The van der Waals surface area contributed by atoms with Crippen LogP contribution >= 0.6 is 0 Å². The van der Waals surface area contributed by atoms with Gasteiger partial charge in [0.2, 0.25) is 11.6 Å². The van der Waals surface area contributed by atoms with E-state index in [2.05, 4.69) is 0 Å². The van der Waals surface area contributed by atoms with Crippen LogP contribution in [0, 0.1) is 28.1 Å². The summed E-state index contributed by atoms with van der Waals surface area (Å²) in [4.78, 5) is 66.1. The molecule has 5 rings (SSSR count). The number of ether oxygens (including phenoxy) is 2. The van der Waals surface area contributed by atoms with Crippen LogP contribution in [-0.2, 0) is 33.4 Å². The fourth-order valence-corrected chi connectivity index (χ4v) is 8.64. The highest BCUT2D eigenvalue weighted by molar-refractivity contribution is 6.48. The molecule has 0 aromatic rings. The van der Waals surface area contributed by atoms with Crippen molar-refractivity contribution in [2.75, 3.05) is 13.2 Å². The average Bonchev–Trinajstić information content (AvgIpc) is 3.40. The Kier molecular flexibility index (Phi) is 5.82. The normalized spacial score (nSPS) is 44.5. The summed E-state index contributed by atoms with van der Waals surface area (Å²) in [6.07, 6.45) is 2.57. The van der Waals surface area contributed by atoms with Crippen LogP contribution in [0.4, 0.5) is 0 Å².